The molecule has 0 aromatic heterocycles. The molecular formula is C11H24N2O2S. The third kappa shape index (κ3) is 3.18. The Morgan fingerprint density at radius 3 is 2.50 bits per heavy atom. The molecule has 0 aromatic rings. The van der Waals surface area contributed by atoms with Gasteiger partial charge in [-0.2, -0.15) is 4.31 Å². The Balaban J connectivity index is 2.91. The van der Waals surface area contributed by atoms with Gasteiger partial charge in [-0.25, -0.2) is 8.42 Å². The molecule has 1 aliphatic heterocycles. The van der Waals surface area contributed by atoms with Crippen molar-refractivity contribution in [2.45, 2.75) is 52.1 Å². The minimum Gasteiger partial charge on any atom is -0.327 e. The summed E-state index contributed by atoms with van der Waals surface area (Å²) in [6.45, 7) is 8.28. The number of rotatable bonds is 3. The summed E-state index contributed by atoms with van der Waals surface area (Å²) >= 11 is 0. The van der Waals surface area contributed by atoms with E-state index in [-0.39, 0.29) is 23.3 Å². The van der Waals surface area contributed by atoms with E-state index in [1.54, 1.807) is 4.31 Å². The van der Waals surface area contributed by atoms with E-state index in [0.717, 1.165) is 12.8 Å². The number of sulfonamides is 1. The fourth-order valence-electron chi connectivity index (χ4n) is 2.22. The Morgan fingerprint density at radius 1 is 1.44 bits per heavy atom. The van der Waals surface area contributed by atoms with Gasteiger partial charge in [-0.3, -0.25) is 0 Å². The molecule has 0 spiro atoms. The molecule has 2 N–H and O–H groups in total. The van der Waals surface area contributed by atoms with Gasteiger partial charge in [0, 0.05) is 18.1 Å². The van der Waals surface area contributed by atoms with Crippen molar-refractivity contribution in [2.75, 3.05) is 12.3 Å². The average molecular weight is 248 g/mol. The second kappa shape index (κ2) is 4.63. The summed E-state index contributed by atoms with van der Waals surface area (Å²) in [5.74, 6) is 0.363. The van der Waals surface area contributed by atoms with E-state index >= 15 is 0 Å². The second-order valence-electron chi connectivity index (χ2n) is 5.81. The van der Waals surface area contributed by atoms with Crippen LogP contribution < -0.4 is 5.73 Å². The van der Waals surface area contributed by atoms with Crippen molar-refractivity contribution in [3.63, 3.8) is 0 Å². The highest BCUT2D eigenvalue weighted by Crippen LogP contribution is 2.30. The van der Waals surface area contributed by atoms with Crippen molar-refractivity contribution in [1.82, 2.24) is 4.31 Å². The highest BCUT2D eigenvalue weighted by atomic mass is 32.2. The third-order valence-corrected chi connectivity index (χ3v) is 5.48. The van der Waals surface area contributed by atoms with Crippen LogP contribution in [0.15, 0.2) is 0 Å². The smallest absolute Gasteiger partial charge is 0.214 e. The van der Waals surface area contributed by atoms with Gasteiger partial charge in [0.2, 0.25) is 10.0 Å². The molecule has 0 saturated carbocycles. The molecule has 5 heteroatoms. The van der Waals surface area contributed by atoms with Crippen LogP contribution in [0.25, 0.3) is 0 Å². The molecule has 0 aliphatic carbocycles. The highest BCUT2D eigenvalue weighted by molar-refractivity contribution is 7.89. The lowest BCUT2D eigenvalue weighted by molar-refractivity contribution is 0.154. The lowest BCUT2D eigenvalue weighted by atomic mass is 9.91. The quantitative estimate of drug-likeness (QED) is 0.815. The van der Waals surface area contributed by atoms with Crippen molar-refractivity contribution in [1.29, 1.82) is 0 Å². The molecule has 0 radical (unpaired) electrons. The minimum absolute atomic E-state index is 0.0186. The molecule has 96 valence electrons. The second-order valence-corrected chi connectivity index (χ2v) is 7.75. The molecule has 0 amide bonds. The molecule has 0 aromatic carbocycles. The van der Waals surface area contributed by atoms with Gasteiger partial charge in [-0.1, -0.05) is 13.8 Å². The van der Waals surface area contributed by atoms with Gasteiger partial charge >= 0.3 is 0 Å². The number of hydrogen-bond donors (Lipinski definition) is 1. The van der Waals surface area contributed by atoms with Crippen LogP contribution in [0.2, 0.25) is 0 Å². The minimum atomic E-state index is -3.17. The molecule has 1 rings (SSSR count). The van der Waals surface area contributed by atoms with E-state index in [4.69, 9.17) is 5.73 Å². The van der Waals surface area contributed by atoms with Gasteiger partial charge in [0.1, 0.15) is 0 Å². The largest absolute Gasteiger partial charge is 0.327 e. The summed E-state index contributed by atoms with van der Waals surface area (Å²) in [5, 5.41) is 0. The van der Waals surface area contributed by atoms with Crippen molar-refractivity contribution >= 4 is 10.0 Å². The molecule has 1 aliphatic rings. The first-order valence-corrected chi connectivity index (χ1v) is 7.52. The molecule has 16 heavy (non-hydrogen) atoms. The molecular weight excluding hydrogens is 224 g/mol. The van der Waals surface area contributed by atoms with Gasteiger partial charge in [-0.15, -0.1) is 0 Å². The fraction of sp³-hybridized carbons (Fsp3) is 1.00. The van der Waals surface area contributed by atoms with E-state index in [1.165, 1.54) is 0 Å². The van der Waals surface area contributed by atoms with Crippen molar-refractivity contribution < 1.29 is 8.42 Å². The predicted octanol–water partition coefficient (Wildman–Crippen LogP) is 1.17. The van der Waals surface area contributed by atoms with E-state index < -0.39 is 10.0 Å². The summed E-state index contributed by atoms with van der Waals surface area (Å²) in [6, 6.07) is -0.0186. The Bertz CT molecular complexity index is 336. The first-order chi connectivity index (χ1) is 7.15. The lowest BCUT2D eigenvalue weighted by Crippen LogP contribution is -2.57. The van der Waals surface area contributed by atoms with E-state index in [9.17, 15) is 8.42 Å². The van der Waals surface area contributed by atoms with Crippen molar-refractivity contribution in [3.8, 4) is 0 Å². The van der Waals surface area contributed by atoms with Crippen LogP contribution in [-0.2, 0) is 10.0 Å². The summed E-state index contributed by atoms with van der Waals surface area (Å²) in [6.07, 6.45) is 1.74. The van der Waals surface area contributed by atoms with Crippen LogP contribution in [-0.4, -0.2) is 36.6 Å². The number of nitrogens with zero attached hydrogens (tertiary/aromatic N) is 1. The lowest BCUT2D eigenvalue weighted by Gasteiger charge is -2.43. The third-order valence-electron chi connectivity index (χ3n) is 3.08. The fourth-order valence-corrected chi connectivity index (χ4v) is 4.50. The maximum atomic E-state index is 12.2. The van der Waals surface area contributed by atoms with Crippen LogP contribution in [0, 0.1) is 5.92 Å². The Labute approximate surface area is 99.2 Å². The van der Waals surface area contributed by atoms with Gasteiger partial charge in [-0.05, 0) is 32.6 Å². The number of hydrogen-bond acceptors (Lipinski definition) is 3. The zero-order valence-electron chi connectivity index (χ0n) is 10.7. The SMILES string of the molecule is CC(C)CS(=O)(=O)N1CC(N)CCC1(C)C. The Kier molecular flexibility index (Phi) is 4.03. The zero-order valence-corrected chi connectivity index (χ0v) is 11.5. The Hall–Kier alpha value is -0.130. The standard InChI is InChI=1S/C11H24N2O2S/c1-9(2)8-16(14,15)13-7-10(12)5-6-11(13,3)4/h9-10H,5-8,12H2,1-4H3. The summed E-state index contributed by atoms with van der Waals surface area (Å²) in [7, 11) is -3.17. The predicted molar refractivity (Wildman–Crippen MR) is 66.6 cm³/mol. The van der Waals surface area contributed by atoms with Crippen molar-refractivity contribution in [2.24, 2.45) is 11.7 Å². The van der Waals surface area contributed by atoms with E-state index in [1.807, 2.05) is 27.7 Å². The normalized spacial score (nSPS) is 27.2. The Morgan fingerprint density at radius 2 is 2.00 bits per heavy atom. The molecule has 4 nitrogen and oxygen atoms in total. The summed E-state index contributed by atoms with van der Waals surface area (Å²) in [4.78, 5) is 0. The van der Waals surface area contributed by atoms with Gasteiger partial charge in [0.15, 0.2) is 0 Å². The summed E-state index contributed by atoms with van der Waals surface area (Å²) in [5.41, 5.74) is 5.58. The molecule has 1 atom stereocenters. The summed E-state index contributed by atoms with van der Waals surface area (Å²) < 4.78 is 26.1. The molecule has 1 fully saturated rings. The molecule has 1 saturated heterocycles. The average Bonchev–Trinajstić information content (AvgIpc) is 2.07. The molecule has 1 unspecified atom stereocenters. The van der Waals surface area contributed by atoms with Crippen LogP contribution in [0.3, 0.4) is 0 Å². The highest BCUT2D eigenvalue weighted by Gasteiger charge is 2.40. The van der Waals surface area contributed by atoms with Gasteiger partial charge in [0.25, 0.3) is 0 Å². The van der Waals surface area contributed by atoms with E-state index in [0.29, 0.717) is 6.54 Å². The van der Waals surface area contributed by atoms with Crippen LogP contribution in [0.5, 0.6) is 0 Å². The monoisotopic (exact) mass is 248 g/mol. The van der Waals surface area contributed by atoms with Crippen molar-refractivity contribution in [3.05, 3.63) is 0 Å². The van der Waals surface area contributed by atoms with Crippen LogP contribution in [0.4, 0.5) is 0 Å². The number of nitrogens with two attached hydrogens (primary N) is 1. The van der Waals surface area contributed by atoms with Crippen LogP contribution in [0.1, 0.15) is 40.5 Å². The van der Waals surface area contributed by atoms with E-state index in [2.05, 4.69) is 0 Å². The van der Waals surface area contributed by atoms with Crippen LogP contribution >= 0.6 is 0 Å². The zero-order chi connectivity index (χ0) is 12.6. The first kappa shape index (κ1) is 13.9. The van der Waals surface area contributed by atoms with Gasteiger partial charge < -0.3 is 5.73 Å². The molecule has 1 heterocycles. The maximum Gasteiger partial charge on any atom is 0.214 e. The number of piperidine rings is 1. The maximum absolute atomic E-state index is 12.2. The molecule has 0 bridgehead atoms. The van der Waals surface area contributed by atoms with Gasteiger partial charge in [0.05, 0.1) is 5.75 Å². The first-order valence-electron chi connectivity index (χ1n) is 5.91. The topological polar surface area (TPSA) is 63.4 Å².